The SMILES string of the molecule is CC(C)C(=O)NC1(C(F)(F)F)N=C(c2ccccc2)N(C(C)c2ccccc2)C1=O. The summed E-state index contributed by atoms with van der Waals surface area (Å²) < 4.78 is 42.7. The molecule has 1 heterocycles. The average Bonchev–Trinajstić information content (AvgIpc) is 3.02. The van der Waals surface area contributed by atoms with Gasteiger partial charge < -0.3 is 5.32 Å². The first-order chi connectivity index (χ1) is 14.1. The Balaban J connectivity index is 2.19. The van der Waals surface area contributed by atoms with Crippen LogP contribution in [0, 0.1) is 5.92 Å². The largest absolute Gasteiger partial charge is 0.442 e. The number of benzene rings is 2. The Morgan fingerprint density at radius 2 is 1.53 bits per heavy atom. The summed E-state index contributed by atoms with van der Waals surface area (Å²) >= 11 is 0. The van der Waals surface area contributed by atoms with Crippen LogP contribution < -0.4 is 5.32 Å². The number of nitrogens with zero attached hydrogens (tertiary/aromatic N) is 2. The zero-order chi connectivity index (χ0) is 22.1. The van der Waals surface area contributed by atoms with Gasteiger partial charge in [0.1, 0.15) is 5.84 Å². The number of carbonyl (C=O) groups is 2. The van der Waals surface area contributed by atoms with Crippen molar-refractivity contribution in [2.24, 2.45) is 10.9 Å². The van der Waals surface area contributed by atoms with Crippen molar-refractivity contribution in [1.29, 1.82) is 0 Å². The van der Waals surface area contributed by atoms with E-state index < -0.39 is 35.6 Å². The van der Waals surface area contributed by atoms with Crippen LogP contribution in [0.25, 0.3) is 0 Å². The quantitative estimate of drug-likeness (QED) is 0.797. The second-order valence-corrected chi connectivity index (χ2v) is 7.42. The third-order valence-electron chi connectivity index (χ3n) is 4.97. The molecule has 8 heteroatoms. The molecule has 0 aromatic heterocycles. The zero-order valence-electron chi connectivity index (χ0n) is 16.8. The first-order valence-corrected chi connectivity index (χ1v) is 9.51. The lowest BCUT2D eigenvalue weighted by Gasteiger charge is -2.32. The molecule has 2 unspecified atom stereocenters. The van der Waals surface area contributed by atoms with Gasteiger partial charge >= 0.3 is 11.8 Å². The molecule has 2 aromatic carbocycles. The van der Waals surface area contributed by atoms with Gasteiger partial charge in [0, 0.05) is 11.5 Å². The first kappa shape index (κ1) is 21.5. The lowest BCUT2D eigenvalue weighted by atomic mass is 10.0. The molecule has 0 saturated carbocycles. The fourth-order valence-corrected chi connectivity index (χ4v) is 3.22. The maximum atomic E-state index is 14.2. The molecule has 0 spiro atoms. The number of nitrogens with one attached hydrogen (secondary N) is 1. The monoisotopic (exact) mass is 417 g/mol. The lowest BCUT2D eigenvalue weighted by molar-refractivity contribution is -0.201. The maximum Gasteiger partial charge on any atom is 0.442 e. The molecule has 0 aliphatic carbocycles. The number of hydrogen-bond donors (Lipinski definition) is 1. The molecule has 1 aliphatic heterocycles. The van der Waals surface area contributed by atoms with Gasteiger partial charge in [-0.2, -0.15) is 13.2 Å². The predicted molar refractivity (Wildman–Crippen MR) is 106 cm³/mol. The van der Waals surface area contributed by atoms with Crippen molar-refractivity contribution in [3.05, 3.63) is 71.8 Å². The molecule has 2 atom stereocenters. The van der Waals surface area contributed by atoms with Crippen molar-refractivity contribution in [3.63, 3.8) is 0 Å². The molecule has 2 amide bonds. The van der Waals surface area contributed by atoms with Gasteiger partial charge in [-0.15, -0.1) is 0 Å². The Morgan fingerprint density at radius 3 is 2.03 bits per heavy atom. The van der Waals surface area contributed by atoms with E-state index in [4.69, 9.17) is 0 Å². The summed E-state index contributed by atoms with van der Waals surface area (Å²) in [6, 6.07) is 16.1. The van der Waals surface area contributed by atoms with Crippen LogP contribution in [0.2, 0.25) is 0 Å². The van der Waals surface area contributed by atoms with E-state index in [1.54, 1.807) is 67.6 Å². The van der Waals surface area contributed by atoms with Crippen LogP contribution in [-0.2, 0) is 9.59 Å². The van der Waals surface area contributed by atoms with Crippen molar-refractivity contribution in [1.82, 2.24) is 10.2 Å². The van der Waals surface area contributed by atoms with E-state index >= 15 is 0 Å². The van der Waals surface area contributed by atoms with Crippen molar-refractivity contribution in [2.75, 3.05) is 0 Å². The highest BCUT2D eigenvalue weighted by molar-refractivity contribution is 6.16. The minimum absolute atomic E-state index is 0.140. The Kier molecular flexibility index (Phi) is 5.70. The molecule has 5 nitrogen and oxygen atoms in total. The number of carbonyl (C=O) groups excluding carboxylic acids is 2. The van der Waals surface area contributed by atoms with Crippen molar-refractivity contribution < 1.29 is 22.8 Å². The number of halogens is 3. The predicted octanol–water partition coefficient (Wildman–Crippen LogP) is 4.07. The molecule has 2 aromatic rings. The summed E-state index contributed by atoms with van der Waals surface area (Å²) in [7, 11) is 0. The van der Waals surface area contributed by atoms with Gasteiger partial charge in [-0.3, -0.25) is 14.5 Å². The molecule has 158 valence electrons. The third-order valence-corrected chi connectivity index (χ3v) is 4.97. The van der Waals surface area contributed by atoms with Gasteiger partial charge in [0.2, 0.25) is 5.91 Å². The van der Waals surface area contributed by atoms with Crippen LogP contribution in [0.3, 0.4) is 0 Å². The highest BCUT2D eigenvalue weighted by Gasteiger charge is 2.67. The molecule has 1 N–H and O–H groups in total. The highest BCUT2D eigenvalue weighted by Crippen LogP contribution is 2.41. The van der Waals surface area contributed by atoms with E-state index in [9.17, 15) is 22.8 Å². The Labute approximate surface area is 172 Å². The number of aliphatic imine (C=N–C) groups is 1. The van der Waals surface area contributed by atoms with Gasteiger partial charge in [0.25, 0.3) is 5.91 Å². The van der Waals surface area contributed by atoms with Crippen LogP contribution >= 0.6 is 0 Å². The molecule has 1 aliphatic rings. The highest BCUT2D eigenvalue weighted by atomic mass is 19.4. The molecule has 0 bridgehead atoms. The summed E-state index contributed by atoms with van der Waals surface area (Å²) in [6.45, 7) is 4.53. The summed E-state index contributed by atoms with van der Waals surface area (Å²) in [5.74, 6) is -3.14. The van der Waals surface area contributed by atoms with Gasteiger partial charge in [-0.25, -0.2) is 4.99 Å². The molecule has 0 saturated heterocycles. The van der Waals surface area contributed by atoms with Crippen LogP contribution in [0.5, 0.6) is 0 Å². The maximum absolute atomic E-state index is 14.2. The second-order valence-electron chi connectivity index (χ2n) is 7.42. The molecular weight excluding hydrogens is 395 g/mol. The lowest BCUT2D eigenvalue weighted by Crippen LogP contribution is -2.64. The topological polar surface area (TPSA) is 61.8 Å². The minimum atomic E-state index is -5.13. The van der Waals surface area contributed by atoms with E-state index in [2.05, 4.69) is 4.99 Å². The normalized spacial score (nSPS) is 20.3. The number of amidine groups is 1. The van der Waals surface area contributed by atoms with Crippen molar-refractivity contribution >= 4 is 17.6 Å². The first-order valence-electron chi connectivity index (χ1n) is 9.51. The number of alkyl halides is 3. The van der Waals surface area contributed by atoms with Gasteiger partial charge in [-0.05, 0) is 12.5 Å². The summed E-state index contributed by atoms with van der Waals surface area (Å²) in [5, 5.41) is 1.87. The van der Waals surface area contributed by atoms with Gasteiger partial charge in [0.15, 0.2) is 0 Å². The van der Waals surface area contributed by atoms with E-state index in [-0.39, 0.29) is 5.84 Å². The third kappa shape index (κ3) is 3.69. The average molecular weight is 417 g/mol. The van der Waals surface area contributed by atoms with Crippen LogP contribution in [-0.4, -0.2) is 34.4 Å². The van der Waals surface area contributed by atoms with Crippen molar-refractivity contribution in [3.8, 4) is 0 Å². The molecule has 0 fully saturated rings. The fourth-order valence-electron chi connectivity index (χ4n) is 3.22. The summed E-state index contributed by atoms with van der Waals surface area (Å²) in [5.41, 5.74) is -2.39. The van der Waals surface area contributed by atoms with E-state index in [1.165, 1.54) is 13.8 Å². The Morgan fingerprint density at radius 1 is 1.00 bits per heavy atom. The Hall–Kier alpha value is -3.16. The van der Waals surface area contributed by atoms with E-state index in [1.807, 2.05) is 5.32 Å². The fraction of sp³-hybridized carbons (Fsp3) is 0.318. The van der Waals surface area contributed by atoms with E-state index in [0.29, 0.717) is 11.1 Å². The summed E-state index contributed by atoms with van der Waals surface area (Å²) in [6.07, 6.45) is -5.13. The number of hydrogen-bond acceptors (Lipinski definition) is 3. The number of amides is 2. The van der Waals surface area contributed by atoms with Crippen LogP contribution in [0.15, 0.2) is 65.7 Å². The van der Waals surface area contributed by atoms with Crippen LogP contribution in [0.4, 0.5) is 13.2 Å². The van der Waals surface area contributed by atoms with Crippen molar-refractivity contribution in [2.45, 2.75) is 38.7 Å². The summed E-state index contributed by atoms with van der Waals surface area (Å²) in [4.78, 5) is 30.4. The molecule has 30 heavy (non-hydrogen) atoms. The smallest absolute Gasteiger partial charge is 0.316 e. The second kappa shape index (κ2) is 7.93. The standard InChI is InChI=1S/C22H22F3N3O2/c1-14(2)19(29)27-21(22(23,24)25)20(30)28(15(3)16-10-6-4-7-11-16)18(26-21)17-12-8-5-9-13-17/h4-15H,1-3H3,(H,27,29). The van der Waals surface area contributed by atoms with E-state index in [0.717, 1.165) is 4.90 Å². The van der Waals surface area contributed by atoms with Gasteiger partial charge in [-0.1, -0.05) is 74.5 Å². The zero-order valence-corrected chi connectivity index (χ0v) is 16.8. The van der Waals surface area contributed by atoms with Gasteiger partial charge in [0.05, 0.1) is 6.04 Å². The molecule has 3 rings (SSSR count). The number of rotatable bonds is 5. The molecular formula is C22H22F3N3O2. The van der Waals surface area contributed by atoms with Crippen LogP contribution in [0.1, 0.15) is 37.9 Å². The minimum Gasteiger partial charge on any atom is -0.316 e. The Bertz CT molecular complexity index is 959. The molecule has 0 radical (unpaired) electrons.